The fourth-order valence-corrected chi connectivity index (χ4v) is 2.91. The smallest absolute Gasteiger partial charge is 0.240 e. The molecule has 5 nitrogen and oxygen atoms in total. The van der Waals surface area contributed by atoms with Crippen molar-refractivity contribution in [3.8, 4) is 0 Å². The first-order valence-corrected chi connectivity index (χ1v) is 7.83. The molecule has 0 heterocycles. The average molecular weight is 307 g/mol. The van der Waals surface area contributed by atoms with Gasteiger partial charge in [-0.3, -0.25) is 0 Å². The number of halogens is 1. The van der Waals surface area contributed by atoms with Crippen molar-refractivity contribution in [2.75, 3.05) is 12.3 Å². The number of benzene rings is 1. The van der Waals surface area contributed by atoms with Gasteiger partial charge in [0.1, 0.15) is 0 Å². The first kappa shape index (κ1) is 16.2. The Morgan fingerprint density at radius 2 is 2.11 bits per heavy atom. The molecule has 1 unspecified atom stereocenters. The Morgan fingerprint density at radius 1 is 1.47 bits per heavy atom. The van der Waals surface area contributed by atoms with Crippen molar-refractivity contribution in [3.63, 3.8) is 0 Å². The number of aliphatic hydroxyl groups excluding tert-OH is 1. The lowest BCUT2D eigenvalue weighted by molar-refractivity contribution is 0.182. The van der Waals surface area contributed by atoms with E-state index < -0.39 is 16.1 Å². The van der Waals surface area contributed by atoms with Crippen LogP contribution in [0.25, 0.3) is 0 Å². The normalized spacial score (nSPS) is 13.5. The number of aryl methyl sites for hydroxylation is 1. The molecule has 19 heavy (non-hydrogen) atoms. The number of nitrogen functional groups attached to an aromatic ring is 1. The summed E-state index contributed by atoms with van der Waals surface area (Å²) in [5.74, 6) is 0. The van der Waals surface area contributed by atoms with Crippen molar-refractivity contribution in [3.05, 3.63) is 22.7 Å². The minimum atomic E-state index is -3.59. The van der Waals surface area contributed by atoms with Crippen molar-refractivity contribution in [1.29, 1.82) is 0 Å². The molecule has 0 amide bonds. The number of rotatable bonds is 6. The van der Waals surface area contributed by atoms with Crippen LogP contribution in [-0.4, -0.2) is 26.2 Å². The van der Waals surface area contributed by atoms with Gasteiger partial charge in [-0.05, 0) is 44.4 Å². The molecular formula is C12H19ClN2O3S. The van der Waals surface area contributed by atoms with Gasteiger partial charge in [-0.1, -0.05) is 11.6 Å². The largest absolute Gasteiger partial charge is 0.397 e. The lowest BCUT2D eigenvalue weighted by Gasteiger charge is -2.10. The van der Waals surface area contributed by atoms with Crippen LogP contribution in [-0.2, 0) is 10.0 Å². The first-order chi connectivity index (χ1) is 8.74. The molecular weight excluding hydrogens is 288 g/mol. The molecule has 4 N–H and O–H groups in total. The van der Waals surface area contributed by atoms with Gasteiger partial charge in [-0.25, -0.2) is 13.1 Å². The topological polar surface area (TPSA) is 92.4 Å². The van der Waals surface area contributed by atoms with Crippen molar-refractivity contribution < 1.29 is 13.5 Å². The molecule has 0 fully saturated rings. The molecule has 0 aliphatic heterocycles. The van der Waals surface area contributed by atoms with E-state index in [0.29, 0.717) is 23.4 Å². The van der Waals surface area contributed by atoms with Gasteiger partial charge in [0.2, 0.25) is 10.0 Å². The molecule has 1 aromatic rings. The molecule has 0 bridgehead atoms. The van der Waals surface area contributed by atoms with Crippen molar-refractivity contribution >= 4 is 27.3 Å². The average Bonchev–Trinajstić information content (AvgIpc) is 2.31. The molecule has 1 aromatic carbocycles. The minimum Gasteiger partial charge on any atom is -0.397 e. The van der Waals surface area contributed by atoms with E-state index in [1.165, 1.54) is 12.1 Å². The maximum Gasteiger partial charge on any atom is 0.240 e. The van der Waals surface area contributed by atoms with Crippen LogP contribution in [0.5, 0.6) is 0 Å². The Balaban J connectivity index is 2.78. The molecule has 0 saturated heterocycles. The third-order valence-electron chi connectivity index (χ3n) is 2.66. The highest BCUT2D eigenvalue weighted by Gasteiger charge is 2.16. The number of aliphatic hydroxyl groups is 1. The number of hydrogen-bond donors (Lipinski definition) is 3. The number of nitrogens with one attached hydrogen (secondary N) is 1. The van der Waals surface area contributed by atoms with E-state index in [1.54, 1.807) is 13.8 Å². The summed E-state index contributed by atoms with van der Waals surface area (Å²) in [7, 11) is -3.59. The summed E-state index contributed by atoms with van der Waals surface area (Å²) < 4.78 is 26.5. The summed E-state index contributed by atoms with van der Waals surface area (Å²) in [6, 6.07) is 2.82. The predicted molar refractivity (Wildman–Crippen MR) is 76.7 cm³/mol. The second-order valence-electron chi connectivity index (χ2n) is 4.53. The van der Waals surface area contributed by atoms with Gasteiger partial charge in [-0.15, -0.1) is 0 Å². The van der Waals surface area contributed by atoms with Crippen LogP contribution in [0.4, 0.5) is 5.69 Å². The van der Waals surface area contributed by atoms with Crippen LogP contribution in [0, 0.1) is 6.92 Å². The van der Waals surface area contributed by atoms with Crippen LogP contribution in [0.3, 0.4) is 0 Å². The highest BCUT2D eigenvalue weighted by Crippen LogP contribution is 2.26. The van der Waals surface area contributed by atoms with E-state index in [1.807, 2.05) is 0 Å². The summed E-state index contributed by atoms with van der Waals surface area (Å²) in [4.78, 5) is 0.101. The predicted octanol–water partition coefficient (Wildman–Crippen LogP) is 1.67. The molecule has 7 heteroatoms. The fraction of sp³-hybridized carbons (Fsp3) is 0.500. The number of nitrogens with two attached hydrogens (primary N) is 1. The SMILES string of the molecule is Cc1cc(S(=O)(=O)NCCCC(C)O)cc(N)c1Cl. The van der Waals surface area contributed by atoms with E-state index in [-0.39, 0.29) is 17.1 Å². The molecule has 0 radical (unpaired) electrons. The van der Waals surface area contributed by atoms with Gasteiger partial charge < -0.3 is 10.8 Å². The van der Waals surface area contributed by atoms with Crippen LogP contribution in [0.15, 0.2) is 17.0 Å². The molecule has 0 aromatic heterocycles. The quantitative estimate of drug-likeness (QED) is 0.550. The van der Waals surface area contributed by atoms with E-state index in [2.05, 4.69) is 4.72 Å². The second-order valence-corrected chi connectivity index (χ2v) is 6.68. The number of sulfonamides is 1. The van der Waals surface area contributed by atoms with E-state index in [9.17, 15) is 8.42 Å². The monoisotopic (exact) mass is 306 g/mol. The molecule has 0 spiro atoms. The van der Waals surface area contributed by atoms with Gasteiger partial charge in [0.05, 0.1) is 21.7 Å². The van der Waals surface area contributed by atoms with Crippen LogP contribution < -0.4 is 10.5 Å². The van der Waals surface area contributed by atoms with E-state index in [0.717, 1.165) is 0 Å². The lowest BCUT2D eigenvalue weighted by Crippen LogP contribution is -2.25. The Hall–Kier alpha value is -0.820. The van der Waals surface area contributed by atoms with Crippen molar-refractivity contribution in [1.82, 2.24) is 4.72 Å². The highest BCUT2D eigenvalue weighted by atomic mass is 35.5. The van der Waals surface area contributed by atoms with Crippen molar-refractivity contribution in [2.45, 2.75) is 37.7 Å². The summed E-state index contributed by atoms with van der Waals surface area (Å²) in [5.41, 5.74) is 6.51. The minimum absolute atomic E-state index is 0.101. The Labute approximate surface area is 118 Å². The molecule has 0 aliphatic carbocycles. The zero-order valence-corrected chi connectivity index (χ0v) is 12.6. The van der Waals surface area contributed by atoms with Crippen LogP contribution >= 0.6 is 11.6 Å². The van der Waals surface area contributed by atoms with Gasteiger partial charge in [0, 0.05) is 6.54 Å². The maximum atomic E-state index is 12.0. The van der Waals surface area contributed by atoms with Gasteiger partial charge >= 0.3 is 0 Å². The van der Waals surface area contributed by atoms with E-state index in [4.69, 9.17) is 22.4 Å². The molecule has 0 saturated carbocycles. The summed E-state index contributed by atoms with van der Waals surface area (Å²) in [6.07, 6.45) is 0.682. The summed E-state index contributed by atoms with van der Waals surface area (Å²) >= 11 is 5.89. The fourth-order valence-electron chi connectivity index (χ4n) is 1.61. The number of hydrogen-bond acceptors (Lipinski definition) is 4. The van der Waals surface area contributed by atoms with Crippen molar-refractivity contribution in [2.24, 2.45) is 0 Å². The molecule has 1 atom stereocenters. The maximum absolute atomic E-state index is 12.0. The number of anilines is 1. The Morgan fingerprint density at radius 3 is 2.63 bits per heavy atom. The lowest BCUT2D eigenvalue weighted by atomic mass is 10.2. The zero-order chi connectivity index (χ0) is 14.6. The molecule has 0 aliphatic rings. The first-order valence-electron chi connectivity index (χ1n) is 5.97. The Kier molecular flexibility index (Phi) is 5.61. The van der Waals surface area contributed by atoms with Gasteiger partial charge in [0.15, 0.2) is 0 Å². The zero-order valence-electron chi connectivity index (χ0n) is 11.0. The van der Waals surface area contributed by atoms with Crippen LogP contribution in [0.1, 0.15) is 25.3 Å². The highest BCUT2D eigenvalue weighted by molar-refractivity contribution is 7.89. The summed E-state index contributed by atoms with van der Waals surface area (Å²) in [5, 5.41) is 9.46. The summed E-state index contributed by atoms with van der Waals surface area (Å²) in [6.45, 7) is 3.64. The van der Waals surface area contributed by atoms with Crippen LogP contribution in [0.2, 0.25) is 5.02 Å². The Bertz CT molecular complexity index is 521. The van der Waals surface area contributed by atoms with Gasteiger partial charge in [-0.2, -0.15) is 0 Å². The molecule has 1 rings (SSSR count). The molecule has 108 valence electrons. The second kappa shape index (κ2) is 6.56. The third-order valence-corrected chi connectivity index (χ3v) is 4.61. The van der Waals surface area contributed by atoms with E-state index >= 15 is 0 Å². The standard InChI is InChI=1S/C12H19ClN2O3S/c1-8-6-10(7-11(14)12(8)13)19(17,18)15-5-3-4-9(2)16/h6-7,9,15-16H,3-5,14H2,1-2H3. The van der Waals surface area contributed by atoms with Gasteiger partial charge in [0.25, 0.3) is 0 Å². The third kappa shape index (κ3) is 4.65.